The number of hydrogen-bond donors (Lipinski definition) is 0. The van der Waals surface area contributed by atoms with Crippen molar-refractivity contribution in [1.29, 1.82) is 0 Å². The monoisotopic (exact) mass is 169 g/mol. The van der Waals surface area contributed by atoms with Crippen LogP contribution in [0, 0.1) is 5.92 Å². The SMILES string of the molecule is CC.CC1CCC2CCC1N2C. The Morgan fingerprint density at radius 1 is 1.00 bits per heavy atom. The molecule has 1 nitrogen and oxygen atoms in total. The van der Waals surface area contributed by atoms with Gasteiger partial charge in [0, 0.05) is 12.1 Å². The smallest absolute Gasteiger partial charge is 0.0121 e. The van der Waals surface area contributed by atoms with Gasteiger partial charge in [0.15, 0.2) is 0 Å². The Morgan fingerprint density at radius 2 is 1.58 bits per heavy atom. The lowest BCUT2D eigenvalue weighted by Crippen LogP contribution is -2.40. The topological polar surface area (TPSA) is 3.24 Å². The van der Waals surface area contributed by atoms with Gasteiger partial charge in [-0.1, -0.05) is 20.8 Å². The van der Waals surface area contributed by atoms with Gasteiger partial charge in [-0.05, 0) is 38.6 Å². The fourth-order valence-electron chi connectivity index (χ4n) is 2.72. The minimum absolute atomic E-state index is 0.929. The fourth-order valence-corrected chi connectivity index (χ4v) is 2.72. The van der Waals surface area contributed by atoms with Crippen molar-refractivity contribution in [2.45, 2.75) is 58.5 Å². The Balaban J connectivity index is 0.000000336. The lowest BCUT2D eigenvalue weighted by molar-refractivity contribution is 0.130. The Labute approximate surface area is 77.1 Å². The van der Waals surface area contributed by atoms with Crippen molar-refractivity contribution in [1.82, 2.24) is 4.90 Å². The number of rotatable bonds is 0. The summed E-state index contributed by atoms with van der Waals surface area (Å²) in [5.41, 5.74) is 0. The van der Waals surface area contributed by atoms with Gasteiger partial charge in [-0.25, -0.2) is 0 Å². The van der Waals surface area contributed by atoms with Gasteiger partial charge in [0.1, 0.15) is 0 Å². The summed E-state index contributed by atoms with van der Waals surface area (Å²) in [5.74, 6) is 0.962. The zero-order valence-corrected chi connectivity index (χ0v) is 9.01. The van der Waals surface area contributed by atoms with Gasteiger partial charge in [0.05, 0.1) is 0 Å². The summed E-state index contributed by atoms with van der Waals surface area (Å²) in [6.07, 6.45) is 5.85. The van der Waals surface area contributed by atoms with E-state index >= 15 is 0 Å². The molecule has 2 saturated heterocycles. The molecule has 0 spiro atoms. The maximum absolute atomic E-state index is 2.61. The summed E-state index contributed by atoms with van der Waals surface area (Å²) >= 11 is 0. The molecule has 0 aromatic heterocycles. The second-order valence-electron chi connectivity index (χ2n) is 4.02. The van der Waals surface area contributed by atoms with Gasteiger partial charge in [-0.15, -0.1) is 0 Å². The van der Waals surface area contributed by atoms with E-state index in [9.17, 15) is 0 Å². The first kappa shape index (κ1) is 10.0. The van der Waals surface area contributed by atoms with Crippen LogP contribution in [0.3, 0.4) is 0 Å². The summed E-state index contributed by atoms with van der Waals surface area (Å²) < 4.78 is 0. The molecule has 0 aromatic carbocycles. The van der Waals surface area contributed by atoms with E-state index in [-0.39, 0.29) is 0 Å². The van der Waals surface area contributed by atoms with Gasteiger partial charge in [0.25, 0.3) is 0 Å². The van der Waals surface area contributed by atoms with E-state index in [1.165, 1.54) is 25.7 Å². The third kappa shape index (κ3) is 1.66. The lowest BCUT2D eigenvalue weighted by Gasteiger charge is -2.35. The minimum atomic E-state index is 0.929. The molecule has 2 bridgehead atoms. The van der Waals surface area contributed by atoms with E-state index in [1.807, 2.05) is 13.8 Å². The van der Waals surface area contributed by atoms with Crippen LogP contribution in [0.2, 0.25) is 0 Å². The second-order valence-corrected chi connectivity index (χ2v) is 4.02. The van der Waals surface area contributed by atoms with E-state index in [1.54, 1.807) is 0 Å². The maximum atomic E-state index is 2.61. The molecule has 2 fully saturated rings. The van der Waals surface area contributed by atoms with Crippen LogP contribution in [0.1, 0.15) is 46.5 Å². The molecule has 3 unspecified atom stereocenters. The van der Waals surface area contributed by atoms with E-state index in [0.717, 1.165) is 18.0 Å². The first-order valence-electron chi connectivity index (χ1n) is 5.51. The molecule has 12 heavy (non-hydrogen) atoms. The highest BCUT2D eigenvalue weighted by Crippen LogP contribution is 2.37. The summed E-state index contributed by atoms with van der Waals surface area (Å²) in [5, 5.41) is 0. The predicted molar refractivity (Wildman–Crippen MR) is 54.3 cm³/mol. The molecule has 2 heterocycles. The zero-order chi connectivity index (χ0) is 9.14. The molecule has 2 aliphatic rings. The van der Waals surface area contributed by atoms with Crippen LogP contribution >= 0.6 is 0 Å². The quantitative estimate of drug-likeness (QED) is 0.539. The molecule has 0 aliphatic carbocycles. The van der Waals surface area contributed by atoms with Crippen LogP contribution in [-0.4, -0.2) is 24.0 Å². The summed E-state index contributed by atoms with van der Waals surface area (Å²) in [4.78, 5) is 2.61. The Bertz CT molecular complexity index is 133. The van der Waals surface area contributed by atoms with Crippen LogP contribution in [0.5, 0.6) is 0 Å². The summed E-state index contributed by atoms with van der Waals surface area (Å²) in [6.45, 7) is 6.41. The fraction of sp³-hybridized carbons (Fsp3) is 1.00. The third-order valence-electron chi connectivity index (χ3n) is 3.51. The molecule has 2 aliphatic heterocycles. The van der Waals surface area contributed by atoms with Crippen LogP contribution in [0.25, 0.3) is 0 Å². The van der Waals surface area contributed by atoms with Crippen molar-refractivity contribution in [3.8, 4) is 0 Å². The van der Waals surface area contributed by atoms with Gasteiger partial charge in [0.2, 0.25) is 0 Å². The average Bonchev–Trinajstić information content (AvgIpc) is 2.34. The molecule has 0 aromatic rings. The Morgan fingerprint density at radius 3 is 2.17 bits per heavy atom. The zero-order valence-electron chi connectivity index (χ0n) is 9.01. The van der Waals surface area contributed by atoms with E-state index in [4.69, 9.17) is 0 Å². The molecule has 0 amide bonds. The molecule has 3 atom stereocenters. The van der Waals surface area contributed by atoms with Crippen LogP contribution in [0.4, 0.5) is 0 Å². The minimum Gasteiger partial charge on any atom is -0.300 e. The Hall–Kier alpha value is -0.0400. The van der Waals surface area contributed by atoms with Gasteiger partial charge >= 0.3 is 0 Å². The van der Waals surface area contributed by atoms with E-state index in [0.29, 0.717) is 0 Å². The summed E-state index contributed by atoms with van der Waals surface area (Å²) in [7, 11) is 2.30. The third-order valence-corrected chi connectivity index (χ3v) is 3.51. The van der Waals surface area contributed by atoms with E-state index in [2.05, 4.69) is 18.9 Å². The molecule has 0 radical (unpaired) electrons. The number of piperidine rings is 1. The van der Waals surface area contributed by atoms with Crippen molar-refractivity contribution >= 4 is 0 Å². The molecule has 0 saturated carbocycles. The first-order valence-corrected chi connectivity index (χ1v) is 5.51. The van der Waals surface area contributed by atoms with Crippen LogP contribution < -0.4 is 0 Å². The highest BCUT2D eigenvalue weighted by atomic mass is 15.2. The second kappa shape index (κ2) is 4.27. The molecule has 72 valence electrons. The van der Waals surface area contributed by atoms with Crippen molar-refractivity contribution < 1.29 is 0 Å². The highest BCUT2D eigenvalue weighted by Gasteiger charge is 2.37. The van der Waals surface area contributed by atoms with Crippen molar-refractivity contribution in [2.24, 2.45) is 5.92 Å². The Kier molecular flexibility index (Phi) is 3.57. The summed E-state index contributed by atoms with van der Waals surface area (Å²) in [6, 6.07) is 1.87. The first-order chi connectivity index (χ1) is 5.79. The predicted octanol–water partition coefficient (Wildman–Crippen LogP) is 2.91. The molecule has 2 rings (SSSR count). The van der Waals surface area contributed by atoms with Gasteiger partial charge in [-0.2, -0.15) is 0 Å². The number of nitrogens with zero attached hydrogens (tertiary/aromatic N) is 1. The largest absolute Gasteiger partial charge is 0.300 e. The normalized spacial score (nSPS) is 40.5. The van der Waals surface area contributed by atoms with Crippen molar-refractivity contribution in [3.05, 3.63) is 0 Å². The van der Waals surface area contributed by atoms with Crippen LogP contribution in [0.15, 0.2) is 0 Å². The van der Waals surface area contributed by atoms with Gasteiger partial charge in [-0.3, -0.25) is 0 Å². The van der Waals surface area contributed by atoms with Crippen molar-refractivity contribution in [2.75, 3.05) is 7.05 Å². The molecule has 0 N–H and O–H groups in total. The molecular weight excluding hydrogens is 146 g/mol. The highest BCUT2D eigenvalue weighted by molar-refractivity contribution is 4.92. The van der Waals surface area contributed by atoms with E-state index < -0.39 is 0 Å². The molecule has 1 heteroatoms. The van der Waals surface area contributed by atoms with Crippen LogP contribution in [-0.2, 0) is 0 Å². The number of hydrogen-bond acceptors (Lipinski definition) is 1. The standard InChI is InChI=1S/C9H17N.C2H6/c1-7-3-4-8-5-6-9(7)10(8)2;1-2/h7-9H,3-6H2,1-2H3;1-2H3. The average molecular weight is 169 g/mol. The maximum Gasteiger partial charge on any atom is 0.0121 e. The number of fused-ring (bicyclic) bond motifs is 2. The van der Waals surface area contributed by atoms with Crippen molar-refractivity contribution in [3.63, 3.8) is 0 Å². The molecular formula is C11H23N. The van der Waals surface area contributed by atoms with Gasteiger partial charge < -0.3 is 4.90 Å². The lowest BCUT2D eigenvalue weighted by atomic mass is 9.93.